The highest BCUT2D eigenvalue weighted by Gasteiger charge is 2.54. The SMILES string of the molecule is CCC(C)C(=O)Oc1ccc(C(=O)OC2C(O)C3CC(OC(=O)C(O)(COC(C)C)c4ccccc4)CC2N3C)cc1. The number of carbonyl (C=O) groups excluding carboxylic acids is 3. The monoisotopic (exact) mass is 583 g/mol. The van der Waals surface area contributed by atoms with Crippen molar-refractivity contribution in [1.82, 2.24) is 4.90 Å². The summed E-state index contributed by atoms with van der Waals surface area (Å²) in [5, 5.41) is 22.5. The maximum Gasteiger partial charge on any atom is 0.345 e. The molecule has 10 heteroatoms. The predicted molar refractivity (Wildman–Crippen MR) is 153 cm³/mol. The van der Waals surface area contributed by atoms with Crippen molar-refractivity contribution < 1.29 is 43.5 Å². The van der Waals surface area contributed by atoms with Crippen molar-refractivity contribution in [2.75, 3.05) is 13.7 Å². The van der Waals surface area contributed by atoms with Crippen LogP contribution in [0.2, 0.25) is 0 Å². The first-order chi connectivity index (χ1) is 19.9. The Balaban J connectivity index is 1.42. The Morgan fingerprint density at radius 2 is 1.62 bits per heavy atom. The molecule has 2 fully saturated rings. The van der Waals surface area contributed by atoms with Gasteiger partial charge < -0.3 is 29.2 Å². The molecular formula is C32H41NO9. The molecule has 0 spiro atoms. The highest BCUT2D eigenvalue weighted by atomic mass is 16.6. The van der Waals surface area contributed by atoms with Gasteiger partial charge in [0.05, 0.1) is 30.2 Å². The van der Waals surface area contributed by atoms with Crippen molar-refractivity contribution in [1.29, 1.82) is 0 Å². The number of aliphatic hydroxyl groups is 2. The number of likely N-dealkylation sites (N-methyl/N-ethyl adjacent to an activating group) is 1. The van der Waals surface area contributed by atoms with Crippen LogP contribution in [-0.4, -0.2) is 83.2 Å². The third kappa shape index (κ3) is 6.83. The molecule has 0 amide bonds. The van der Waals surface area contributed by atoms with Crippen LogP contribution in [-0.2, 0) is 29.4 Å². The molecule has 7 atom stereocenters. The van der Waals surface area contributed by atoms with Gasteiger partial charge in [-0.2, -0.15) is 0 Å². The highest BCUT2D eigenvalue weighted by molar-refractivity contribution is 5.90. The largest absolute Gasteiger partial charge is 0.460 e. The molecule has 2 aromatic carbocycles. The fraction of sp³-hybridized carbons (Fsp3) is 0.531. The van der Waals surface area contributed by atoms with Crippen LogP contribution in [0.5, 0.6) is 5.75 Å². The average molecular weight is 584 g/mol. The van der Waals surface area contributed by atoms with Crippen LogP contribution < -0.4 is 4.74 Å². The molecular weight excluding hydrogens is 542 g/mol. The first kappa shape index (κ1) is 31.6. The van der Waals surface area contributed by atoms with Gasteiger partial charge in [-0.05, 0) is 57.1 Å². The third-order valence-electron chi connectivity index (χ3n) is 8.22. The summed E-state index contributed by atoms with van der Waals surface area (Å²) >= 11 is 0. The van der Waals surface area contributed by atoms with Crippen molar-refractivity contribution in [2.45, 2.75) is 89.1 Å². The van der Waals surface area contributed by atoms with Gasteiger partial charge in [-0.25, -0.2) is 9.59 Å². The number of aliphatic hydroxyl groups excluding tert-OH is 1. The molecule has 2 N–H and O–H groups in total. The molecule has 2 aliphatic heterocycles. The van der Waals surface area contributed by atoms with Crippen molar-refractivity contribution in [2.24, 2.45) is 5.92 Å². The summed E-state index contributed by atoms with van der Waals surface area (Å²) in [7, 11) is 1.83. The molecule has 0 aliphatic carbocycles. The number of esters is 3. The fourth-order valence-corrected chi connectivity index (χ4v) is 5.39. The van der Waals surface area contributed by atoms with Crippen molar-refractivity contribution in [3.8, 4) is 5.75 Å². The number of rotatable bonds is 11. The van der Waals surface area contributed by atoms with Gasteiger partial charge in [0, 0.05) is 18.9 Å². The van der Waals surface area contributed by atoms with Gasteiger partial charge in [0.25, 0.3) is 0 Å². The van der Waals surface area contributed by atoms with Crippen molar-refractivity contribution >= 4 is 17.9 Å². The number of nitrogens with zero attached hydrogens (tertiary/aromatic N) is 1. The average Bonchev–Trinajstić information content (AvgIpc) is 3.10. The quantitative estimate of drug-likeness (QED) is 0.300. The van der Waals surface area contributed by atoms with E-state index in [1.165, 1.54) is 24.3 Å². The summed E-state index contributed by atoms with van der Waals surface area (Å²) in [6.45, 7) is 7.03. The van der Waals surface area contributed by atoms with Crippen LogP contribution in [0.3, 0.4) is 0 Å². The van der Waals surface area contributed by atoms with Crippen molar-refractivity contribution in [3.63, 3.8) is 0 Å². The second-order valence-corrected chi connectivity index (χ2v) is 11.5. The normalized spacial score (nSPS) is 25.9. The number of hydrogen-bond donors (Lipinski definition) is 2. The number of piperidine rings is 1. The molecule has 228 valence electrons. The van der Waals surface area contributed by atoms with Crippen LogP contribution in [0.1, 0.15) is 62.9 Å². The number of fused-ring (bicyclic) bond motifs is 2. The minimum Gasteiger partial charge on any atom is -0.460 e. The molecule has 2 saturated heterocycles. The van der Waals surface area contributed by atoms with Crippen LogP contribution in [0.25, 0.3) is 0 Å². The van der Waals surface area contributed by atoms with Crippen LogP contribution in [0.4, 0.5) is 0 Å². The van der Waals surface area contributed by atoms with E-state index in [0.717, 1.165) is 0 Å². The Morgan fingerprint density at radius 1 is 0.976 bits per heavy atom. The fourth-order valence-electron chi connectivity index (χ4n) is 5.39. The highest BCUT2D eigenvalue weighted by Crippen LogP contribution is 2.39. The topological polar surface area (TPSA) is 132 Å². The van der Waals surface area contributed by atoms with Gasteiger partial charge in [0.2, 0.25) is 5.60 Å². The Kier molecular flexibility index (Phi) is 10.0. The lowest BCUT2D eigenvalue weighted by molar-refractivity contribution is -0.184. The number of ether oxygens (including phenoxy) is 4. The maximum atomic E-state index is 13.4. The zero-order chi connectivity index (χ0) is 30.6. The lowest BCUT2D eigenvalue weighted by Crippen LogP contribution is -2.49. The second-order valence-electron chi connectivity index (χ2n) is 11.5. The summed E-state index contributed by atoms with van der Waals surface area (Å²) in [6, 6.07) is 13.8. The van der Waals surface area contributed by atoms with E-state index < -0.39 is 47.9 Å². The lowest BCUT2D eigenvalue weighted by Gasteiger charge is -2.37. The molecule has 2 heterocycles. The number of benzene rings is 2. The first-order valence-electron chi connectivity index (χ1n) is 14.5. The molecule has 2 aliphatic rings. The molecule has 2 bridgehead atoms. The van der Waals surface area contributed by atoms with Gasteiger partial charge in [0.1, 0.15) is 24.1 Å². The number of carbonyl (C=O) groups is 3. The number of hydrogen-bond acceptors (Lipinski definition) is 10. The molecule has 0 aromatic heterocycles. The van der Waals surface area contributed by atoms with Crippen LogP contribution in [0, 0.1) is 5.92 Å². The summed E-state index contributed by atoms with van der Waals surface area (Å²) in [5.74, 6) is -1.72. The molecule has 0 saturated carbocycles. The van der Waals surface area contributed by atoms with Gasteiger partial charge in [-0.1, -0.05) is 44.2 Å². The summed E-state index contributed by atoms with van der Waals surface area (Å²) in [4.78, 5) is 40.4. The zero-order valence-corrected chi connectivity index (χ0v) is 24.8. The second kappa shape index (κ2) is 13.3. The van der Waals surface area contributed by atoms with E-state index in [2.05, 4.69) is 0 Å². The predicted octanol–water partition coefficient (Wildman–Crippen LogP) is 3.23. The molecule has 4 rings (SSSR count). The van der Waals surface area contributed by atoms with E-state index in [4.69, 9.17) is 18.9 Å². The van der Waals surface area contributed by atoms with E-state index in [1.807, 2.05) is 32.7 Å². The zero-order valence-electron chi connectivity index (χ0n) is 24.8. The summed E-state index contributed by atoms with van der Waals surface area (Å²) < 4.78 is 22.6. The van der Waals surface area contributed by atoms with Crippen LogP contribution >= 0.6 is 0 Å². The van der Waals surface area contributed by atoms with Crippen LogP contribution in [0.15, 0.2) is 54.6 Å². The minimum absolute atomic E-state index is 0.214. The standard InChI is InChI=1S/C32H41NO9/c1-6-20(4)29(35)40-23-14-12-21(13-15-23)30(36)42-28-26-17-24(16-25(27(28)34)33(26)5)41-31(37)32(38,18-39-19(2)3)22-10-8-7-9-11-22/h7-15,19-20,24-28,34,38H,6,16-18H2,1-5H3. The Labute approximate surface area is 246 Å². The van der Waals surface area contributed by atoms with Gasteiger partial charge in [-0.15, -0.1) is 0 Å². The Hall–Kier alpha value is -3.31. The first-order valence-corrected chi connectivity index (χ1v) is 14.5. The minimum atomic E-state index is -2.01. The van der Waals surface area contributed by atoms with Gasteiger partial charge >= 0.3 is 17.9 Å². The van der Waals surface area contributed by atoms with Gasteiger partial charge in [0.15, 0.2) is 0 Å². The van der Waals surface area contributed by atoms with Crippen molar-refractivity contribution in [3.05, 3.63) is 65.7 Å². The Morgan fingerprint density at radius 3 is 2.24 bits per heavy atom. The van der Waals surface area contributed by atoms with E-state index in [9.17, 15) is 24.6 Å². The maximum absolute atomic E-state index is 13.4. The Bertz CT molecular complexity index is 1230. The van der Waals surface area contributed by atoms with E-state index in [-0.39, 0.29) is 30.2 Å². The molecule has 0 radical (unpaired) electrons. The lowest BCUT2D eigenvalue weighted by atomic mass is 9.94. The van der Waals surface area contributed by atoms with E-state index in [0.29, 0.717) is 30.6 Å². The molecule has 42 heavy (non-hydrogen) atoms. The smallest absolute Gasteiger partial charge is 0.345 e. The molecule has 10 nitrogen and oxygen atoms in total. The molecule has 2 aromatic rings. The van der Waals surface area contributed by atoms with E-state index in [1.54, 1.807) is 37.3 Å². The molecule has 7 unspecified atom stereocenters. The summed E-state index contributed by atoms with van der Waals surface area (Å²) in [6.07, 6.45) is -1.42. The van der Waals surface area contributed by atoms with Gasteiger partial charge in [-0.3, -0.25) is 9.69 Å². The van der Waals surface area contributed by atoms with E-state index >= 15 is 0 Å². The summed E-state index contributed by atoms with van der Waals surface area (Å²) in [5.41, 5.74) is -1.40. The third-order valence-corrected chi connectivity index (χ3v) is 8.22.